The Morgan fingerprint density at radius 1 is 0.889 bits per heavy atom. The molecule has 0 atom stereocenters. The van der Waals surface area contributed by atoms with Gasteiger partial charge in [0, 0.05) is 16.7 Å². The van der Waals surface area contributed by atoms with Gasteiger partial charge in [-0.05, 0) is 18.4 Å². The maximum absolute atomic E-state index is 2.38. The van der Waals surface area contributed by atoms with E-state index < -0.39 is 0 Å². The average molecular weight is 304 g/mol. The van der Waals surface area contributed by atoms with Crippen LogP contribution in [0.4, 0.5) is 0 Å². The Morgan fingerprint density at radius 2 is 1.61 bits per heavy atom. The molecular weight excluding hydrogens is 286 g/mol. The van der Waals surface area contributed by atoms with Crippen LogP contribution in [0.1, 0.15) is 24.0 Å². The van der Waals surface area contributed by atoms with E-state index in [9.17, 15) is 0 Å². The fraction of sp³-hybridized carbons (Fsp3) is 0.375. The second-order valence-corrected chi connectivity index (χ2v) is 5.81. The molecule has 0 saturated carbocycles. The van der Waals surface area contributed by atoms with Gasteiger partial charge < -0.3 is 21.5 Å². The molecule has 4 rings (SSSR count). The number of hydrogen-bond acceptors (Lipinski definition) is 0. The van der Waals surface area contributed by atoms with E-state index in [0.717, 1.165) is 0 Å². The molecule has 2 aliphatic heterocycles. The number of quaternary nitrogens is 1. The molecule has 0 saturated heterocycles. The largest absolute Gasteiger partial charge is 1.00 e. The maximum atomic E-state index is 2.38. The van der Waals surface area contributed by atoms with E-state index in [2.05, 4.69) is 36.4 Å². The lowest BCUT2D eigenvalue weighted by Gasteiger charge is -2.29. The van der Waals surface area contributed by atoms with Gasteiger partial charge in [0.2, 0.25) is 0 Å². The zero-order chi connectivity index (χ0) is 11.3. The van der Waals surface area contributed by atoms with E-state index in [1.54, 1.807) is 22.3 Å². The van der Waals surface area contributed by atoms with Crippen molar-refractivity contribution in [2.24, 2.45) is 0 Å². The van der Waals surface area contributed by atoms with Crippen LogP contribution in [0.5, 0.6) is 0 Å². The Labute approximate surface area is 119 Å². The summed E-state index contributed by atoms with van der Waals surface area (Å²) in [6.45, 7) is 5.06. The van der Waals surface area contributed by atoms with E-state index in [0.29, 0.717) is 0 Å². The minimum absolute atomic E-state index is 0. The standard InChI is InChI=1S/C16H18N.BrH/c1-2-6-14-10-17(9-13(14)5-1)11-15-7-3-4-8-16(15)12-17;/h1-3,5-7H,4,8-12H2;1H/q+1;/p-1. The first-order valence-electron chi connectivity index (χ1n) is 6.64. The highest BCUT2D eigenvalue weighted by molar-refractivity contribution is 5.35. The van der Waals surface area contributed by atoms with Crippen molar-refractivity contribution in [3.05, 3.63) is 58.7 Å². The number of benzene rings is 1. The van der Waals surface area contributed by atoms with Crippen LogP contribution in [0.15, 0.2) is 47.6 Å². The zero-order valence-corrected chi connectivity index (χ0v) is 12.1. The Hall–Kier alpha value is -0.860. The lowest BCUT2D eigenvalue weighted by Crippen LogP contribution is -3.00. The highest BCUT2D eigenvalue weighted by atomic mass is 79.9. The molecule has 0 N–H and O–H groups in total. The SMILES string of the molecule is C1=CC2=C(CC1)C[N+]1(C2)Cc2ccccc2C1.[Br-]. The smallest absolute Gasteiger partial charge is 0.106 e. The van der Waals surface area contributed by atoms with Crippen molar-refractivity contribution in [2.45, 2.75) is 25.9 Å². The number of hydrogen-bond donors (Lipinski definition) is 0. The molecule has 0 unspecified atom stereocenters. The molecule has 1 nitrogen and oxygen atoms in total. The van der Waals surface area contributed by atoms with E-state index in [1.165, 1.54) is 43.5 Å². The summed E-state index contributed by atoms with van der Waals surface area (Å²) in [7, 11) is 0. The van der Waals surface area contributed by atoms with Gasteiger partial charge in [0.15, 0.2) is 0 Å². The summed E-state index contributed by atoms with van der Waals surface area (Å²) >= 11 is 0. The van der Waals surface area contributed by atoms with Crippen molar-refractivity contribution in [1.29, 1.82) is 0 Å². The van der Waals surface area contributed by atoms with Crippen LogP contribution in [-0.4, -0.2) is 17.6 Å². The van der Waals surface area contributed by atoms with Crippen LogP contribution in [0.2, 0.25) is 0 Å². The molecule has 2 heterocycles. The van der Waals surface area contributed by atoms with E-state index in [-0.39, 0.29) is 17.0 Å². The molecule has 0 bridgehead atoms. The van der Waals surface area contributed by atoms with Gasteiger partial charge in [-0.2, -0.15) is 0 Å². The molecule has 2 heteroatoms. The van der Waals surface area contributed by atoms with Crippen molar-refractivity contribution in [3.63, 3.8) is 0 Å². The second kappa shape index (κ2) is 4.36. The van der Waals surface area contributed by atoms with Crippen LogP contribution >= 0.6 is 0 Å². The van der Waals surface area contributed by atoms with Crippen LogP contribution < -0.4 is 17.0 Å². The monoisotopic (exact) mass is 303 g/mol. The molecule has 0 amide bonds. The number of rotatable bonds is 0. The number of fused-ring (bicyclic) bond motifs is 1. The summed E-state index contributed by atoms with van der Waals surface area (Å²) in [5.41, 5.74) is 6.54. The predicted molar refractivity (Wildman–Crippen MR) is 69.2 cm³/mol. The number of nitrogens with zero attached hydrogens (tertiary/aromatic N) is 1. The van der Waals surface area contributed by atoms with Gasteiger partial charge in [0.1, 0.15) is 26.2 Å². The molecule has 18 heavy (non-hydrogen) atoms. The molecular formula is C16H18BrN. The third-order valence-electron chi connectivity index (χ3n) is 4.55. The number of halogens is 1. The minimum Gasteiger partial charge on any atom is -1.00 e. The first-order valence-corrected chi connectivity index (χ1v) is 6.64. The zero-order valence-electron chi connectivity index (χ0n) is 10.5. The van der Waals surface area contributed by atoms with Gasteiger partial charge in [-0.1, -0.05) is 36.4 Å². The quantitative estimate of drug-likeness (QED) is 0.600. The molecule has 0 radical (unpaired) electrons. The molecule has 94 valence electrons. The van der Waals surface area contributed by atoms with E-state index in [1.807, 2.05) is 0 Å². The minimum atomic E-state index is 0. The Balaban J connectivity index is 0.000001000. The molecule has 1 aliphatic carbocycles. The third-order valence-corrected chi connectivity index (χ3v) is 4.55. The summed E-state index contributed by atoms with van der Waals surface area (Å²) in [6.07, 6.45) is 7.30. The fourth-order valence-electron chi connectivity index (χ4n) is 3.80. The van der Waals surface area contributed by atoms with Crippen molar-refractivity contribution in [3.8, 4) is 0 Å². The lowest BCUT2D eigenvalue weighted by molar-refractivity contribution is -0.933. The summed E-state index contributed by atoms with van der Waals surface area (Å²) in [5.74, 6) is 0. The fourth-order valence-corrected chi connectivity index (χ4v) is 3.80. The average Bonchev–Trinajstić information content (AvgIpc) is 2.87. The van der Waals surface area contributed by atoms with Crippen LogP contribution in [0.3, 0.4) is 0 Å². The second-order valence-electron chi connectivity index (χ2n) is 5.81. The first kappa shape index (κ1) is 12.2. The molecule has 3 aliphatic rings. The van der Waals surface area contributed by atoms with Crippen LogP contribution in [0, 0.1) is 0 Å². The topological polar surface area (TPSA) is 0 Å². The first-order chi connectivity index (χ1) is 8.35. The van der Waals surface area contributed by atoms with E-state index >= 15 is 0 Å². The van der Waals surface area contributed by atoms with Crippen LogP contribution in [-0.2, 0) is 13.1 Å². The van der Waals surface area contributed by atoms with Crippen LogP contribution in [0.25, 0.3) is 0 Å². The Bertz CT molecular complexity index is 517. The molecule has 1 aromatic rings. The number of allylic oxidation sites excluding steroid dienone is 1. The van der Waals surface area contributed by atoms with Crippen molar-refractivity contribution in [2.75, 3.05) is 13.1 Å². The van der Waals surface area contributed by atoms with Gasteiger partial charge in [0.25, 0.3) is 0 Å². The molecule has 0 aromatic heterocycles. The molecule has 1 spiro atoms. The lowest BCUT2D eigenvalue weighted by atomic mass is 10.0. The van der Waals surface area contributed by atoms with E-state index in [4.69, 9.17) is 0 Å². The van der Waals surface area contributed by atoms with Gasteiger partial charge in [-0.25, -0.2) is 0 Å². The third kappa shape index (κ3) is 1.79. The molecule has 1 aromatic carbocycles. The van der Waals surface area contributed by atoms with Crippen molar-refractivity contribution >= 4 is 0 Å². The highest BCUT2D eigenvalue weighted by Gasteiger charge is 2.41. The van der Waals surface area contributed by atoms with Gasteiger partial charge in [-0.15, -0.1) is 0 Å². The summed E-state index contributed by atoms with van der Waals surface area (Å²) in [4.78, 5) is 0. The Morgan fingerprint density at radius 3 is 2.28 bits per heavy atom. The normalized spacial score (nSPS) is 22.9. The molecule has 0 fully saturated rings. The van der Waals surface area contributed by atoms with Crippen molar-refractivity contribution < 1.29 is 21.5 Å². The summed E-state index contributed by atoms with van der Waals surface area (Å²) < 4.78 is 1.27. The van der Waals surface area contributed by atoms with Gasteiger partial charge >= 0.3 is 0 Å². The summed E-state index contributed by atoms with van der Waals surface area (Å²) in [5, 5.41) is 0. The maximum Gasteiger partial charge on any atom is 0.106 e. The highest BCUT2D eigenvalue weighted by Crippen LogP contribution is 2.39. The van der Waals surface area contributed by atoms with Crippen molar-refractivity contribution in [1.82, 2.24) is 0 Å². The van der Waals surface area contributed by atoms with Gasteiger partial charge in [-0.3, -0.25) is 0 Å². The summed E-state index contributed by atoms with van der Waals surface area (Å²) in [6, 6.07) is 9.00. The van der Waals surface area contributed by atoms with Gasteiger partial charge in [0.05, 0.1) is 0 Å². The Kier molecular flexibility index (Phi) is 2.95. The predicted octanol–water partition coefficient (Wildman–Crippen LogP) is 0.181.